The second-order valence-corrected chi connectivity index (χ2v) is 25.8. The molecule has 0 atom stereocenters. The van der Waals surface area contributed by atoms with Crippen LogP contribution in [0.3, 0.4) is 0 Å². The van der Waals surface area contributed by atoms with Gasteiger partial charge in [0.1, 0.15) is 0 Å². The van der Waals surface area contributed by atoms with Gasteiger partial charge in [0.25, 0.3) is 0 Å². The van der Waals surface area contributed by atoms with Crippen LogP contribution in [0.1, 0.15) is 103 Å². The standard InChI is InChI=1S/C72H58N4/c1-69(2,3)61-33-39-31-59-63(47-21-13-17-25-55(47)73(59)41-27-29-45-43-19-11-15-23-51(43)71(7,8)53(45)35-41)65-49-37-50-58(38-57(49)75(61)67(39)65)76-62(70(4,5)6)34-40-32-60-64(66(50)68(40)76)48-22-14-18-26-56(48)74(60)42-28-30-46-44-20-12-16-24-52(44)72(9,10)54(46)36-42/h11-38H,1-10H3. The Morgan fingerprint density at radius 1 is 0.316 bits per heavy atom. The number of rotatable bonds is 2. The van der Waals surface area contributed by atoms with E-state index in [4.69, 9.17) is 0 Å². The first-order chi connectivity index (χ1) is 36.5. The van der Waals surface area contributed by atoms with Crippen LogP contribution < -0.4 is 0 Å². The third-order valence-electron chi connectivity index (χ3n) is 18.8. The molecular formula is C72H58N4. The summed E-state index contributed by atoms with van der Waals surface area (Å²) in [7, 11) is 0. The van der Waals surface area contributed by atoms with E-state index < -0.39 is 0 Å². The Kier molecular flexibility index (Phi) is 7.66. The highest BCUT2D eigenvalue weighted by molar-refractivity contribution is 6.37. The fourth-order valence-corrected chi connectivity index (χ4v) is 15.3. The lowest BCUT2D eigenvalue weighted by atomic mass is 9.82. The lowest BCUT2D eigenvalue weighted by Crippen LogP contribution is -2.15. The van der Waals surface area contributed by atoms with E-state index in [0.717, 1.165) is 0 Å². The second kappa shape index (κ2) is 13.5. The first-order valence-electron chi connectivity index (χ1n) is 27.4. The second-order valence-electron chi connectivity index (χ2n) is 25.8. The fourth-order valence-electron chi connectivity index (χ4n) is 15.3. The van der Waals surface area contributed by atoms with Crippen LogP contribution in [-0.4, -0.2) is 17.9 Å². The quantitative estimate of drug-likeness (QED) is 0.164. The van der Waals surface area contributed by atoms with Gasteiger partial charge < -0.3 is 17.9 Å². The van der Waals surface area contributed by atoms with Crippen LogP contribution >= 0.6 is 0 Å². The van der Waals surface area contributed by atoms with E-state index in [0.29, 0.717) is 0 Å². The Morgan fingerprint density at radius 3 is 1.14 bits per heavy atom. The van der Waals surface area contributed by atoms with Gasteiger partial charge in [-0.3, -0.25) is 0 Å². The number of benzene rings is 9. The summed E-state index contributed by atoms with van der Waals surface area (Å²) in [5.41, 5.74) is 25.7. The summed E-state index contributed by atoms with van der Waals surface area (Å²) in [5, 5.41) is 13.1. The minimum absolute atomic E-state index is 0.114. The zero-order chi connectivity index (χ0) is 51.4. The van der Waals surface area contributed by atoms with Crippen LogP contribution in [0.15, 0.2) is 170 Å². The SMILES string of the molecule is CC(C)(C)c1cc2cc3c(c4ccccc4n3-c3ccc4c(c3)C(C)(C)c3ccccc3-4)c3c4cc5c6c7c8ccccc8n(-c8ccc9c(c8)C(C)(C)c8ccccc8-9)c7cc7cc(C(C)(C)C)n(c5cc4n1c23)c76. The normalized spacial score (nSPS) is 15.2. The molecule has 0 N–H and O–H groups in total. The third kappa shape index (κ3) is 5.03. The van der Waals surface area contributed by atoms with Crippen LogP contribution in [-0.2, 0) is 21.7 Å². The monoisotopic (exact) mass is 978 g/mol. The van der Waals surface area contributed by atoms with Gasteiger partial charge in [-0.25, -0.2) is 0 Å². The molecule has 0 fully saturated rings. The largest absolute Gasteiger partial charge is 0.312 e. The Labute approximate surface area is 441 Å². The van der Waals surface area contributed by atoms with Crippen molar-refractivity contribution in [1.82, 2.24) is 17.9 Å². The first-order valence-corrected chi connectivity index (χ1v) is 27.4. The van der Waals surface area contributed by atoms with Gasteiger partial charge in [-0.05, 0) is 117 Å². The molecule has 17 rings (SSSR count). The summed E-state index contributed by atoms with van der Waals surface area (Å²) >= 11 is 0. The third-order valence-corrected chi connectivity index (χ3v) is 18.8. The number of hydrogen-bond acceptors (Lipinski definition) is 0. The van der Waals surface area contributed by atoms with Crippen molar-refractivity contribution < 1.29 is 0 Å². The molecule has 9 aromatic carbocycles. The number of hydrogen-bond donors (Lipinski definition) is 0. The van der Waals surface area contributed by atoms with Crippen molar-refractivity contribution in [3.05, 3.63) is 203 Å². The molecule has 0 spiro atoms. The highest BCUT2D eigenvalue weighted by Crippen LogP contribution is 2.54. The molecule has 366 valence electrons. The van der Waals surface area contributed by atoms with Gasteiger partial charge in [0.2, 0.25) is 0 Å². The lowest BCUT2D eigenvalue weighted by Gasteiger charge is -2.22. The molecule has 0 bridgehead atoms. The van der Waals surface area contributed by atoms with Crippen molar-refractivity contribution >= 4 is 98.0 Å². The number of nitrogens with zero attached hydrogens (tertiary/aromatic N) is 4. The van der Waals surface area contributed by atoms with E-state index in [-0.39, 0.29) is 21.7 Å². The summed E-state index contributed by atoms with van der Waals surface area (Å²) in [5.74, 6) is 0. The number of fused-ring (bicyclic) bond motifs is 20. The molecule has 2 aliphatic rings. The molecule has 6 aromatic heterocycles. The molecule has 6 heterocycles. The molecule has 0 amide bonds. The van der Waals surface area contributed by atoms with E-state index in [1.807, 2.05) is 0 Å². The predicted molar refractivity (Wildman–Crippen MR) is 322 cm³/mol. The van der Waals surface area contributed by atoms with Crippen LogP contribution in [0, 0.1) is 0 Å². The van der Waals surface area contributed by atoms with Crippen LogP contribution in [0.5, 0.6) is 0 Å². The number of aromatic nitrogens is 4. The first kappa shape index (κ1) is 43.0. The van der Waals surface area contributed by atoms with E-state index in [9.17, 15) is 0 Å². The van der Waals surface area contributed by atoms with Crippen LogP contribution in [0.25, 0.3) is 132 Å². The molecule has 4 nitrogen and oxygen atoms in total. The Morgan fingerprint density at radius 2 is 0.711 bits per heavy atom. The van der Waals surface area contributed by atoms with Crippen LogP contribution in [0.4, 0.5) is 0 Å². The van der Waals surface area contributed by atoms with Gasteiger partial charge in [-0.15, -0.1) is 0 Å². The maximum atomic E-state index is 2.65. The molecular weight excluding hydrogens is 921 g/mol. The summed E-state index contributed by atoms with van der Waals surface area (Å²) in [4.78, 5) is 0. The summed E-state index contributed by atoms with van der Waals surface area (Å²) < 4.78 is 10.4. The molecule has 0 saturated heterocycles. The zero-order valence-electron chi connectivity index (χ0n) is 45.0. The van der Waals surface area contributed by atoms with E-state index in [1.54, 1.807) is 0 Å². The zero-order valence-corrected chi connectivity index (χ0v) is 45.0. The average Bonchev–Trinajstić information content (AvgIpc) is 4.32. The predicted octanol–water partition coefficient (Wildman–Crippen LogP) is 19.1. The highest BCUT2D eigenvalue weighted by Gasteiger charge is 2.38. The molecule has 0 radical (unpaired) electrons. The van der Waals surface area contributed by atoms with Gasteiger partial charge in [-0.1, -0.05) is 166 Å². The van der Waals surface area contributed by atoms with Crippen molar-refractivity contribution in [1.29, 1.82) is 0 Å². The van der Waals surface area contributed by atoms with Gasteiger partial charge >= 0.3 is 0 Å². The van der Waals surface area contributed by atoms with Gasteiger partial charge in [-0.2, -0.15) is 0 Å². The van der Waals surface area contributed by atoms with Crippen molar-refractivity contribution in [3.63, 3.8) is 0 Å². The topological polar surface area (TPSA) is 18.7 Å². The Hall–Kier alpha value is -8.34. The molecule has 0 saturated carbocycles. The Balaban J connectivity index is 1.02. The molecule has 15 aromatic rings. The summed E-state index contributed by atoms with van der Waals surface area (Å²) in [6.45, 7) is 23.9. The van der Waals surface area contributed by atoms with E-state index >= 15 is 0 Å². The van der Waals surface area contributed by atoms with Crippen molar-refractivity contribution in [2.75, 3.05) is 0 Å². The van der Waals surface area contributed by atoms with Crippen LogP contribution in [0.2, 0.25) is 0 Å². The average molecular weight is 979 g/mol. The smallest absolute Gasteiger partial charge is 0.0618 e. The van der Waals surface area contributed by atoms with E-state index in [1.165, 1.54) is 165 Å². The number of para-hydroxylation sites is 2. The van der Waals surface area contributed by atoms with Gasteiger partial charge in [0.05, 0.1) is 44.1 Å². The minimum Gasteiger partial charge on any atom is -0.312 e. The van der Waals surface area contributed by atoms with Crippen molar-refractivity contribution in [2.45, 2.75) is 90.9 Å². The highest BCUT2D eigenvalue weighted by atomic mass is 15.0. The van der Waals surface area contributed by atoms with Gasteiger partial charge in [0, 0.05) is 98.3 Å². The van der Waals surface area contributed by atoms with Crippen molar-refractivity contribution in [3.8, 4) is 33.6 Å². The molecule has 0 aliphatic heterocycles. The van der Waals surface area contributed by atoms with E-state index in [2.05, 4.69) is 257 Å². The molecule has 2 aliphatic carbocycles. The lowest BCUT2D eigenvalue weighted by molar-refractivity contribution is 0.567. The molecule has 4 heteroatoms. The maximum Gasteiger partial charge on any atom is 0.0618 e. The molecule has 76 heavy (non-hydrogen) atoms. The molecule has 0 unspecified atom stereocenters. The van der Waals surface area contributed by atoms with Crippen molar-refractivity contribution in [2.24, 2.45) is 0 Å². The summed E-state index contributed by atoms with van der Waals surface area (Å²) in [6.07, 6.45) is 0. The van der Waals surface area contributed by atoms with Gasteiger partial charge in [0.15, 0.2) is 0 Å². The minimum atomic E-state index is -0.122. The Bertz CT molecular complexity index is 4800. The summed E-state index contributed by atoms with van der Waals surface area (Å²) in [6, 6.07) is 66.0. The fraction of sp³-hybridized carbons (Fsp3) is 0.194. The maximum absolute atomic E-state index is 2.65.